The summed E-state index contributed by atoms with van der Waals surface area (Å²) in [5.41, 5.74) is 1.01. The van der Waals surface area contributed by atoms with Crippen LogP contribution < -0.4 is 5.32 Å². The van der Waals surface area contributed by atoms with E-state index in [1.165, 1.54) is 0 Å². The standard InChI is InChI=1S/C21H25ClN4O3/c1-3-26(4-2)17(15-8-5-6-9-16(15)22)14-23-19(27)11-12-20-24-21(25-29-20)18-10-7-13-28-18/h5-10,13,17H,3-4,11-12,14H2,1-2H3,(H,23,27)/t17-/m1/s1. The summed E-state index contributed by atoms with van der Waals surface area (Å²) in [6, 6.07) is 11.3. The summed E-state index contributed by atoms with van der Waals surface area (Å²) in [6.07, 6.45) is 2.17. The van der Waals surface area contributed by atoms with Crippen molar-refractivity contribution in [2.75, 3.05) is 19.6 Å². The minimum atomic E-state index is -0.0769. The number of benzene rings is 1. The van der Waals surface area contributed by atoms with Crippen molar-refractivity contribution in [2.24, 2.45) is 0 Å². The zero-order valence-electron chi connectivity index (χ0n) is 16.6. The number of nitrogens with one attached hydrogen (secondary N) is 1. The van der Waals surface area contributed by atoms with Crippen LogP contribution in [0.25, 0.3) is 11.6 Å². The molecular formula is C21H25ClN4O3. The zero-order valence-corrected chi connectivity index (χ0v) is 17.4. The average molecular weight is 417 g/mol. The van der Waals surface area contributed by atoms with Crippen LogP contribution in [-0.4, -0.2) is 40.6 Å². The van der Waals surface area contributed by atoms with Crippen LogP contribution in [0.15, 0.2) is 51.6 Å². The van der Waals surface area contributed by atoms with Crippen LogP contribution in [0, 0.1) is 0 Å². The summed E-state index contributed by atoms with van der Waals surface area (Å²) in [5.74, 6) is 1.24. The lowest BCUT2D eigenvalue weighted by Gasteiger charge is -2.30. The quantitative estimate of drug-likeness (QED) is 0.535. The van der Waals surface area contributed by atoms with Gasteiger partial charge in [-0.25, -0.2) is 0 Å². The molecule has 2 aromatic heterocycles. The number of nitrogens with zero attached hydrogens (tertiary/aromatic N) is 3. The van der Waals surface area contributed by atoms with Crippen LogP contribution in [0.2, 0.25) is 5.02 Å². The summed E-state index contributed by atoms with van der Waals surface area (Å²) in [5, 5.41) is 7.59. The van der Waals surface area contributed by atoms with Crippen LogP contribution in [-0.2, 0) is 11.2 Å². The second-order valence-corrected chi connectivity index (χ2v) is 6.96. The molecule has 0 spiro atoms. The highest BCUT2D eigenvalue weighted by molar-refractivity contribution is 6.31. The Bertz CT molecular complexity index is 906. The van der Waals surface area contributed by atoms with E-state index < -0.39 is 0 Å². The Labute approximate surface area is 175 Å². The van der Waals surface area contributed by atoms with E-state index in [0.717, 1.165) is 18.7 Å². The normalized spacial score (nSPS) is 12.3. The van der Waals surface area contributed by atoms with Gasteiger partial charge in [0.15, 0.2) is 5.76 Å². The number of aryl methyl sites for hydroxylation is 1. The number of halogens is 1. The van der Waals surface area contributed by atoms with Crippen molar-refractivity contribution >= 4 is 17.5 Å². The Morgan fingerprint density at radius 1 is 1.21 bits per heavy atom. The van der Waals surface area contributed by atoms with E-state index in [9.17, 15) is 4.79 Å². The van der Waals surface area contributed by atoms with Gasteiger partial charge in [-0.2, -0.15) is 4.98 Å². The minimum Gasteiger partial charge on any atom is -0.461 e. The van der Waals surface area contributed by atoms with E-state index in [1.54, 1.807) is 18.4 Å². The molecule has 0 saturated heterocycles. The number of amides is 1. The van der Waals surface area contributed by atoms with Crippen molar-refractivity contribution in [3.05, 3.63) is 59.1 Å². The van der Waals surface area contributed by atoms with Gasteiger partial charge in [0.2, 0.25) is 17.6 Å². The molecule has 3 aromatic rings. The van der Waals surface area contributed by atoms with Gasteiger partial charge in [0.25, 0.3) is 0 Å². The Morgan fingerprint density at radius 3 is 2.69 bits per heavy atom. The molecular weight excluding hydrogens is 392 g/mol. The van der Waals surface area contributed by atoms with Crippen LogP contribution in [0.4, 0.5) is 0 Å². The lowest BCUT2D eigenvalue weighted by molar-refractivity contribution is -0.121. The maximum Gasteiger partial charge on any atom is 0.238 e. The topological polar surface area (TPSA) is 84.4 Å². The van der Waals surface area contributed by atoms with Gasteiger partial charge < -0.3 is 14.3 Å². The summed E-state index contributed by atoms with van der Waals surface area (Å²) >= 11 is 6.40. The molecule has 1 amide bonds. The Balaban J connectivity index is 1.57. The zero-order chi connectivity index (χ0) is 20.6. The second-order valence-electron chi connectivity index (χ2n) is 6.55. The second kappa shape index (κ2) is 10.2. The van der Waals surface area contributed by atoms with Crippen molar-refractivity contribution < 1.29 is 13.7 Å². The van der Waals surface area contributed by atoms with Crippen molar-refractivity contribution in [1.82, 2.24) is 20.4 Å². The van der Waals surface area contributed by atoms with E-state index >= 15 is 0 Å². The van der Waals surface area contributed by atoms with Crippen molar-refractivity contribution in [1.29, 1.82) is 0 Å². The van der Waals surface area contributed by atoms with Gasteiger partial charge in [-0.05, 0) is 36.9 Å². The maximum atomic E-state index is 12.4. The average Bonchev–Trinajstić information content (AvgIpc) is 3.42. The van der Waals surface area contributed by atoms with E-state index in [1.807, 2.05) is 24.3 Å². The number of likely N-dealkylation sites (N-methyl/N-ethyl adjacent to an activating group) is 1. The van der Waals surface area contributed by atoms with Gasteiger partial charge >= 0.3 is 0 Å². The molecule has 0 aliphatic rings. The molecule has 0 aliphatic carbocycles. The first-order valence-electron chi connectivity index (χ1n) is 9.74. The monoisotopic (exact) mass is 416 g/mol. The molecule has 0 aliphatic heterocycles. The molecule has 0 unspecified atom stereocenters. The molecule has 3 rings (SSSR count). The molecule has 1 atom stereocenters. The number of carbonyl (C=O) groups excluding carboxylic acids is 1. The molecule has 0 radical (unpaired) electrons. The molecule has 7 nitrogen and oxygen atoms in total. The predicted molar refractivity (Wildman–Crippen MR) is 110 cm³/mol. The van der Waals surface area contributed by atoms with Crippen LogP contribution >= 0.6 is 11.6 Å². The molecule has 8 heteroatoms. The SMILES string of the molecule is CCN(CC)[C@H](CNC(=O)CCc1nc(-c2ccco2)no1)c1ccccc1Cl. The number of aromatic nitrogens is 2. The first-order chi connectivity index (χ1) is 14.1. The van der Waals surface area contributed by atoms with Crippen LogP contribution in [0.3, 0.4) is 0 Å². The van der Waals surface area contributed by atoms with Crippen LogP contribution in [0.5, 0.6) is 0 Å². The highest BCUT2D eigenvalue weighted by atomic mass is 35.5. The number of rotatable bonds is 10. The molecule has 1 aromatic carbocycles. The highest BCUT2D eigenvalue weighted by Crippen LogP contribution is 2.27. The fourth-order valence-electron chi connectivity index (χ4n) is 3.23. The van der Waals surface area contributed by atoms with E-state index in [4.69, 9.17) is 20.5 Å². The van der Waals surface area contributed by atoms with Crippen molar-refractivity contribution in [3.8, 4) is 11.6 Å². The molecule has 154 valence electrons. The largest absolute Gasteiger partial charge is 0.461 e. The lowest BCUT2D eigenvalue weighted by Crippen LogP contribution is -2.38. The van der Waals surface area contributed by atoms with Gasteiger partial charge in [0.05, 0.1) is 12.3 Å². The summed E-state index contributed by atoms with van der Waals surface area (Å²) in [4.78, 5) is 18.9. The summed E-state index contributed by atoms with van der Waals surface area (Å²) in [6.45, 7) is 6.40. The molecule has 0 bridgehead atoms. The fraction of sp³-hybridized carbons (Fsp3) is 0.381. The number of hydrogen-bond acceptors (Lipinski definition) is 6. The Hall–Kier alpha value is -2.64. The fourth-order valence-corrected chi connectivity index (χ4v) is 3.49. The highest BCUT2D eigenvalue weighted by Gasteiger charge is 2.21. The van der Waals surface area contributed by atoms with Crippen molar-refractivity contribution in [3.63, 3.8) is 0 Å². The molecule has 2 heterocycles. The van der Waals surface area contributed by atoms with Gasteiger partial charge in [-0.15, -0.1) is 0 Å². The molecule has 29 heavy (non-hydrogen) atoms. The lowest BCUT2D eigenvalue weighted by atomic mass is 10.0. The molecule has 0 fully saturated rings. The Morgan fingerprint density at radius 2 is 2.00 bits per heavy atom. The van der Waals surface area contributed by atoms with Gasteiger partial charge in [0.1, 0.15) is 0 Å². The van der Waals surface area contributed by atoms with E-state index in [2.05, 4.69) is 34.2 Å². The summed E-state index contributed by atoms with van der Waals surface area (Å²) < 4.78 is 10.4. The van der Waals surface area contributed by atoms with Crippen molar-refractivity contribution in [2.45, 2.75) is 32.7 Å². The van der Waals surface area contributed by atoms with Gasteiger partial charge in [0, 0.05) is 24.4 Å². The molecule has 0 saturated carbocycles. The first kappa shape index (κ1) is 21.1. The number of furan rings is 1. The third-order valence-corrected chi connectivity index (χ3v) is 5.13. The number of carbonyl (C=O) groups is 1. The van der Waals surface area contributed by atoms with E-state index in [-0.39, 0.29) is 18.4 Å². The van der Waals surface area contributed by atoms with E-state index in [0.29, 0.717) is 35.5 Å². The van der Waals surface area contributed by atoms with Gasteiger partial charge in [-0.3, -0.25) is 9.69 Å². The van der Waals surface area contributed by atoms with Gasteiger partial charge in [-0.1, -0.05) is 48.8 Å². The maximum absolute atomic E-state index is 12.4. The van der Waals surface area contributed by atoms with Crippen LogP contribution in [0.1, 0.15) is 37.8 Å². The smallest absolute Gasteiger partial charge is 0.238 e. The Kier molecular flexibility index (Phi) is 7.43. The predicted octanol–water partition coefficient (Wildman–Crippen LogP) is 4.11. The molecule has 1 N–H and O–H groups in total. The minimum absolute atomic E-state index is 0.0107. The summed E-state index contributed by atoms with van der Waals surface area (Å²) in [7, 11) is 0. The third-order valence-electron chi connectivity index (χ3n) is 4.79. The number of hydrogen-bond donors (Lipinski definition) is 1. The third kappa shape index (κ3) is 5.46. The first-order valence-corrected chi connectivity index (χ1v) is 10.1.